The van der Waals surface area contributed by atoms with E-state index in [4.69, 9.17) is 4.42 Å². The van der Waals surface area contributed by atoms with Crippen LogP contribution in [0.5, 0.6) is 0 Å². The summed E-state index contributed by atoms with van der Waals surface area (Å²) in [5.41, 5.74) is 1.96. The lowest BCUT2D eigenvalue weighted by Gasteiger charge is -2.42. The summed E-state index contributed by atoms with van der Waals surface area (Å²) in [7, 11) is 0. The number of furan rings is 1. The maximum Gasteiger partial charge on any atom is 0.250 e. The first-order valence-corrected chi connectivity index (χ1v) is 8.75. The molecular formula is C20H22N2O3. The van der Waals surface area contributed by atoms with E-state index < -0.39 is 0 Å². The van der Waals surface area contributed by atoms with E-state index >= 15 is 0 Å². The van der Waals surface area contributed by atoms with Gasteiger partial charge in [-0.15, -0.1) is 0 Å². The van der Waals surface area contributed by atoms with Crippen molar-refractivity contribution in [2.24, 2.45) is 5.92 Å². The van der Waals surface area contributed by atoms with Crippen molar-refractivity contribution >= 4 is 11.5 Å². The molecule has 2 atom stereocenters. The van der Waals surface area contributed by atoms with Crippen LogP contribution in [0.4, 0.5) is 0 Å². The first-order valence-electron chi connectivity index (χ1n) is 8.75. The van der Waals surface area contributed by atoms with Gasteiger partial charge in [0.2, 0.25) is 5.91 Å². The number of amides is 1. The Morgan fingerprint density at radius 1 is 1.20 bits per heavy atom. The molecule has 0 radical (unpaired) electrons. The summed E-state index contributed by atoms with van der Waals surface area (Å²) >= 11 is 0. The minimum Gasteiger partial charge on any atom is -0.462 e. The van der Waals surface area contributed by atoms with Gasteiger partial charge in [0.1, 0.15) is 11.5 Å². The van der Waals surface area contributed by atoms with Crippen molar-refractivity contribution in [2.75, 3.05) is 13.1 Å². The van der Waals surface area contributed by atoms with Gasteiger partial charge in [-0.05, 0) is 50.0 Å². The highest BCUT2D eigenvalue weighted by molar-refractivity contribution is 5.94. The van der Waals surface area contributed by atoms with Gasteiger partial charge >= 0.3 is 0 Å². The number of fused-ring (bicyclic) bond motifs is 4. The van der Waals surface area contributed by atoms with E-state index in [0.29, 0.717) is 25.6 Å². The number of likely N-dealkylation sites (tertiary alicyclic amines) is 1. The smallest absolute Gasteiger partial charge is 0.250 e. The number of carbonyl (C=O) groups excluding carboxylic acids is 1. The fourth-order valence-electron chi connectivity index (χ4n) is 4.07. The fourth-order valence-corrected chi connectivity index (χ4v) is 4.07. The Balaban J connectivity index is 1.56. The number of rotatable bonds is 2. The number of pyridine rings is 1. The second kappa shape index (κ2) is 6.06. The summed E-state index contributed by atoms with van der Waals surface area (Å²) in [6.45, 7) is 5.87. The van der Waals surface area contributed by atoms with E-state index in [-0.39, 0.29) is 17.4 Å². The van der Waals surface area contributed by atoms with E-state index in [0.717, 1.165) is 29.2 Å². The van der Waals surface area contributed by atoms with Gasteiger partial charge in [0.15, 0.2) is 0 Å². The van der Waals surface area contributed by atoms with Crippen LogP contribution in [0.25, 0.3) is 5.57 Å². The lowest BCUT2D eigenvalue weighted by Crippen LogP contribution is -2.48. The third-order valence-electron chi connectivity index (χ3n) is 5.26. The Labute approximate surface area is 146 Å². The summed E-state index contributed by atoms with van der Waals surface area (Å²) < 4.78 is 7.47. The van der Waals surface area contributed by atoms with Crippen LogP contribution in [-0.2, 0) is 11.3 Å². The molecule has 25 heavy (non-hydrogen) atoms. The van der Waals surface area contributed by atoms with Crippen LogP contribution in [0.2, 0.25) is 0 Å². The van der Waals surface area contributed by atoms with E-state index in [1.54, 1.807) is 12.1 Å². The van der Waals surface area contributed by atoms with Crippen LogP contribution in [0.15, 0.2) is 45.6 Å². The van der Waals surface area contributed by atoms with E-state index in [9.17, 15) is 9.59 Å². The first kappa shape index (κ1) is 15.9. The zero-order valence-corrected chi connectivity index (χ0v) is 14.6. The van der Waals surface area contributed by atoms with Crippen molar-refractivity contribution < 1.29 is 9.21 Å². The van der Waals surface area contributed by atoms with Gasteiger partial charge in [0.05, 0.1) is 0 Å². The number of hydrogen-bond acceptors (Lipinski definition) is 3. The van der Waals surface area contributed by atoms with E-state index in [1.165, 1.54) is 0 Å². The van der Waals surface area contributed by atoms with Crippen molar-refractivity contribution in [1.82, 2.24) is 9.47 Å². The largest absolute Gasteiger partial charge is 0.462 e. The molecule has 2 unspecified atom stereocenters. The van der Waals surface area contributed by atoms with Gasteiger partial charge in [0.25, 0.3) is 5.56 Å². The fraction of sp³-hybridized carbons (Fsp3) is 0.400. The predicted molar refractivity (Wildman–Crippen MR) is 95.2 cm³/mol. The van der Waals surface area contributed by atoms with Crippen LogP contribution in [-0.4, -0.2) is 28.5 Å². The van der Waals surface area contributed by atoms with Crippen LogP contribution in [0.3, 0.4) is 0 Å². The molecule has 4 rings (SSSR count). The van der Waals surface area contributed by atoms with Crippen molar-refractivity contribution in [3.63, 3.8) is 0 Å². The number of aromatic nitrogens is 1. The summed E-state index contributed by atoms with van der Waals surface area (Å²) in [5, 5.41) is 0. The molecule has 0 N–H and O–H groups in total. The molecule has 1 amide bonds. The highest BCUT2D eigenvalue weighted by Crippen LogP contribution is 2.35. The highest BCUT2D eigenvalue weighted by Gasteiger charge is 2.35. The van der Waals surface area contributed by atoms with Crippen molar-refractivity contribution in [1.29, 1.82) is 0 Å². The molecule has 2 aromatic rings. The Hall–Kier alpha value is -2.56. The third kappa shape index (κ3) is 2.95. The maximum atomic E-state index is 12.7. The lowest BCUT2D eigenvalue weighted by molar-refractivity contribution is -0.128. The SMILES string of the molecule is CC(=CC(=O)N1CC2CC(C1)c1cccc(=O)n1C2)c1ccc(C)o1. The molecule has 2 bridgehead atoms. The molecule has 5 heteroatoms. The summed E-state index contributed by atoms with van der Waals surface area (Å²) in [5.74, 6) is 2.18. The van der Waals surface area contributed by atoms with Crippen LogP contribution in [0.1, 0.15) is 36.5 Å². The minimum absolute atomic E-state index is 0.0213. The average Bonchev–Trinajstić information content (AvgIpc) is 3.02. The van der Waals surface area contributed by atoms with Crippen LogP contribution < -0.4 is 5.56 Å². The van der Waals surface area contributed by atoms with Crippen LogP contribution >= 0.6 is 0 Å². The molecule has 1 saturated heterocycles. The number of piperidine rings is 1. The molecule has 2 aliphatic rings. The maximum absolute atomic E-state index is 12.7. The summed E-state index contributed by atoms with van der Waals surface area (Å²) in [6.07, 6.45) is 2.71. The quantitative estimate of drug-likeness (QED) is 0.791. The number of allylic oxidation sites excluding steroid dienone is 1. The summed E-state index contributed by atoms with van der Waals surface area (Å²) in [4.78, 5) is 26.7. The molecule has 2 aromatic heterocycles. The molecule has 4 heterocycles. The zero-order valence-electron chi connectivity index (χ0n) is 14.6. The topological polar surface area (TPSA) is 55.5 Å². The molecule has 1 fully saturated rings. The van der Waals surface area contributed by atoms with Crippen molar-refractivity contribution in [2.45, 2.75) is 32.7 Å². The molecule has 2 aliphatic heterocycles. The third-order valence-corrected chi connectivity index (χ3v) is 5.26. The summed E-state index contributed by atoms with van der Waals surface area (Å²) in [6, 6.07) is 9.24. The molecule has 0 aliphatic carbocycles. The predicted octanol–water partition coefficient (Wildman–Crippen LogP) is 2.80. The second-order valence-corrected chi connectivity index (χ2v) is 7.18. The standard InChI is InChI=1S/C20H22N2O3/c1-13(18-7-6-14(2)25-18)8-20(24)21-10-15-9-16(12-21)17-4-3-5-19(23)22(17)11-15/h3-8,15-16H,9-12H2,1-2H3. The molecule has 0 aromatic carbocycles. The van der Waals surface area contributed by atoms with Gasteiger partial charge in [0, 0.05) is 43.4 Å². The highest BCUT2D eigenvalue weighted by atomic mass is 16.3. The van der Waals surface area contributed by atoms with Gasteiger partial charge in [-0.1, -0.05) is 6.07 Å². The van der Waals surface area contributed by atoms with Crippen molar-refractivity contribution in [3.05, 3.63) is 64.0 Å². The second-order valence-electron chi connectivity index (χ2n) is 7.18. The van der Waals surface area contributed by atoms with Gasteiger partial charge in [-0.3, -0.25) is 9.59 Å². The number of hydrogen-bond donors (Lipinski definition) is 0. The Morgan fingerprint density at radius 2 is 2.04 bits per heavy atom. The monoisotopic (exact) mass is 338 g/mol. The van der Waals surface area contributed by atoms with E-state index in [1.807, 2.05) is 47.6 Å². The Bertz CT molecular complexity index is 906. The van der Waals surface area contributed by atoms with Crippen LogP contribution in [0, 0.1) is 12.8 Å². The first-order chi connectivity index (χ1) is 12.0. The molecule has 130 valence electrons. The lowest BCUT2D eigenvalue weighted by atomic mass is 9.83. The Morgan fingerprint density at radius 3 is 2.80 bits per heavy atom. The number of aryl methyl sites for hydroxylation is 1. The normalized spacial score (nSPS) is 22.6. The molecule has 0 saturated carbocycles. The van der Waals surface area contributed by atoms with Crippen molar-refractivity contribution in [3.8, 4) is 0 Å². The van der Waals surface area contributed by atoms with Gasteiger partial charge in [-0.25, -0.2) is 0 Å². The zero-order chi connectivity index (χ0) is 17.6. The number of carbonyl (C=O) groups is 1. The molecule has 0 spiro atoms. The molecule has 5 nitrogen and oxygen atoms in total. The Kier molecular flexibility index (Phi) is 3.86. The molecular weight excluding hydrogens is 316 g/mol. The number of nitrogens with zero attached hydrogens (tertiary/aromatic N) is 2. The van der Waals surface area contributed by atoms with Gasteiger partial charge in [-0.2, -0.15) is 0 Å². The average molecular weight is 338 g/mol. The minimum atomic E-state index is 0.0213. The van der Waals surface area contributed by atoms with Gasteiger partial charge < -0.3 is 13.9 Å². The van der Waals surface area contributed by atoms with E-state index in [2.05, 4.69) is 0 Å².